The van der Waals surface area contributed by atoms with E-state index in [4.69, 9.17) is 16.1 Å². The van der Waals surface area contributed by atoms with Gasteiger partial charge in [-0.2, -0.15) is 0 Å². The van der Waals surface area contributed by atoms with Crippen molar-refractivity contribution in [3.8, 4) is 11.3 Å². The quantitative estimate of drug-likeness (QED) is 0.770. The van der Waals surface area contributed by atoms with Crippen LogP contribution in [0.1, 0.15) is 21.7 Å². The Hall–Kier alpha value is -1.68. The van der Waals surface area contributed by atoms with Gasteiger partial charge < -0.3 is 4.52 Å². The molecule has 0 bridgehead atoms. The van der Waals surface area contributed by atoms with Gasteiger partial charge in [0.25, 0.3) is 5.24 Å². The minimum absolute atomic E-state index is 0.220. The Morgan fingerprint density at radius 2 is 2.12 bits per heavy atom. The highest BCUT2D eigenvalue weighted by molar-refractivity contribution is 6.68. The zero-order chi connectivity index (χ0) is 12.6. The van der Waals surface area contributed by atoms with Crippen LogP contribution in [0.5, 0.6) is 0 Å². The Labute approximate surface area is 102 Å². The second-order valence-electron chi connectivity index (χ2n) is 3.70. The number of halogens is 2. The fourth-order valence-electron chi connectivity index (χ4n) is 1.59. The average molecular weight is 254 g/mol. The van der Waals surface area contributed by atoms with E-state index >= 15 is 0 Å². The second kappa shape index (κ2) is 4.30. The summed E-state index contributed by atoms with van der Waals surface area (Å²) in [6.45, 7) is 3.23. The lowest BCUT2D eigenvalue weighted by atomic mass is 10.0. The summed E-state index contributed by atoms with van der Waals surface area (Å²) in [6.07, 6.45) is 0. The molecule has 5 heteroatoms. The third kappa shape index (κ3) is 2.08. The molecule has 2 aromatic rings. The molecule has 3 nitrogen and oxygen atoms in total. The third-order valence-electron chi connectivity index (χ3n) is 2.49. The van der Waals surface area contributed by atoms with Crippen molar-refractivity contribution in [1.82, 2.24) is 5.16 Å². The Morgan fingerprint density at radius 3 is 2.71 bits per heavy atom. The van der Waals surface area contributed by atoms with Crippen molar-refractivity contribution in [3.05, 3.63) is 40.9 Å². The monoisotopic (exact) mass is 253 g/mol. The Kier molecular flexibility index (Phi) is 2.98. The van der Waals surface area contributed by atoms with Crippen LogP contribution < -0.4 is 0 Å². The minimum atomic E-state index is -0.638. The summed E-state index contributed by atoms with van der Waals surface area (Å²) in [7, 11) is 0. The largest absolute Gasteiger partial charge is 0.360 e. The molecule has 88 valence electrons. The maximum absolute atomic E-state index is 13.1. The van der Waals surface area contributed by atoms with E-state index in [-0.39, 0.29) is 11.4 Å². The van der Waals surface area contributed by atoms with Crippen LogP contribution in [0, 0.1) is 19.7 Å². The first-order valence-electron chi connectivity index (χ1n) is 4.93. The number of hydrogen-bond acceptors (Lipinski definition) is 3. The van der Waals surface area contributed by atoms with E-state index in [1.807, 2.05) is 0 Å². The lowest BCUT2D eigenvalue weighted by Gasteiger charge is -2.01. The van der Waals surface area contributed by atoms with E-state index in [2.05, 4.69) is 5.16 Å². The van der Waals surface area contributed by atoms with Crippen molar-refractivity contribution in [2.75, 3.05) is 0 Å². The molecule has 0 atom stereocenters. The highest BCUT2D eigenvalue weighted by atomic mass is 35.5. The zero-order valence-electron chi connectivity index (χ0n) is 9.25. The van der Waals surface area contributed by atoms with Gasteiger partial charge in [-0.1, -0.05) is 5.16 Å². The molecule has 0 aliphatic rings. The van der Waals surface area contributed by atoms with Gasteiger partial charge in [0.2, 0.25) is 0 Å². The molecule has 0 fully saturated rings. The first-order chi connectivity index (χ1) is 8.00. The molecule has 0 saturated carbocycles. The number of aryl methyl sites for hydroxylation is 2. The van der Waals surface area contributed by atoms with E-state index in [1.165, 1.54) is 12.1 Å². The molecule has 0 unspecified atom stereocenters. The molecule has 0 amide bonds. The smallest absolute Gasteiger partial charge is 0.258 e. The second-order valence-corrected chi connectivity index (χ2v) is 4.04. The maximum Gasteiger partial charge on any atom is 0.258 e. The number of carbonyl (C=O) groups is 1. The lowest BCUT2D eigenvalue weighted by molar-refractivity contribution is 0.108. The van der Waals surface area contributed by atoms with Gasteiger partial charge in [0.1, 0.15) is 22.8 Å². The van der Waals surface area contributed by atoms with E-state index in [0.29, 0.717) is 22.6 Å². The van der Waals surface area contributed by atoms with Gasteiger partial charge in [0.05, 0.1) is 0 Å². The molecule has 0 aliphatic heterocycles. The van der Waals surface area contributed by atoms with Crippen LogP contribution in [0.3, 0.4) is 0 Å². The first kappa shape index (κ1) is 11.8. The highest BCUT2D eigenvalue weighted by Gasteiger charge is 2.20. The zero-order valence-corrected chi connectivity index (χ0v) is 10.0. The summed E-state index contributed by atoms with van der Waals surface area (Å²) < 4.78 is 18.1. The molecule has 17 heavy (non-hydrogen) atoms. The van der Waals surface area contributed by atoms with Gasteiger partial charge in [-0.25, -0.2) is 4.39 Å². The van der Waals surface area contributed by atoms with Gasteiger partial charge in [-0.15, -0.1) is 0 Å². The molecule has 1 aromatic carbocycles. The van der Waals surface area contributed by atoms with Crippen LogP contribution in [0.2, 0.25) is 0 Å². The number of benzene rings is 1. The van der Waals surface area contributed by atoms with Crippen molar-refractivity contribution in [3.63, 3.8) is 0 Å². The number of rotatable bonds is 2. The molecule has 0 aliphatic carbocycles. The normalized spacial score (nSPS) is 10.6. The Balaban J connectivity index is 2.60. The molecule has 0 saturated heterocycles. The summed E-state index contributed by atoms with van der Waals surface area (Å²) >= 11 is 5.46. The average Bonchev–Trinajstić information content (AvgIpc) is 2.64. The van der Waals surface area contributed by atoms with Crippen molar-refractivity contribution in [2.45, 2.75) is 13.8 Å². The van der Waals surface area contributed by atoms with Gasteiger partial charge in [-0.3, -0.25) is 4.79 Å². The molecule has 2 rings (SSSR count). The summed E-state index contributed by atoms with van der Waals surface area (Å²) in [5, 5.41) is 3.14. The van der Waals surface area contributed by atoms with E-state index in [0.717, 1.165) is 0 Å². The number of hydrogen-bond donors (Lipinski definition) is 0. The maximum atomic E-state index is 13.1. The van der Waals surface area contributed by atoms with Crippen LogP contribution in [0.4, 0.5) is 4.39 Å². The topological polar surface area (TPSA) is 43.1 Å². The summed E-state index contributed by atoms with van der Waals surface area (Å²) in [5.41, 5.74) is 1.63. The van der Waals surface area contributed by atoms with Gasteiger partial charge >= 0.3 is 0 Å². The van der Waals surface area contributed by atoms with Gasteiger partial charge in [0, 0.05) is 5.56 Å². The van der Waals surface area contributed by atoms with Crippen LogP contribution in [-0.4, -0.2) is 10.4 Å². The van der Waals surface area contributed by atoms with E-state index in [1.54, 1.807) is 19.9 Å². The third-order valence-corrected chi connectivity index (χ3v) is 2.68. The van der Waals surface area contributed by atoms with E-state index in [9.17, 15) is 9.18 Å². The highest BCUT2D eigenvalue weighted by Crippen LogP contribution is 2.27. The summed E-state index contributed by atoms with van der Waals surface area (Å²) in [6, 6.07) is 4.44. The molecule has 0 radical (unpaired) electrons. The fraction of sp³-hybridized carbons (Fsp3) is 0.167. The molecular weight excluding hydrogens is 245 g/mol. The molecular formula is C12H9ClFNO2. The SMILES string of the molecule is Cc1cc(-c2noc(C)c2C(=O)Cl)ccc1F. The predicted molar refractivity (Wildman–Crippen MR) is 61.6 cm³/mol. The number of carbonyl (C=O) groups excluding carboxylic acids is 1. The lowest BCUT2D eigenvalue weighted by Crippen LogP contribution is -1.94. The number of aromatic nitrogens is 1. The fourth-order valence-corrected chi connectivity index (χ4v) is 1.82. The van der Waals surface area contributed by atoms with Gasteiger partial charge in [-0.05, 0) is 49.2 Å². The van der Waals surface area contributed by atoms with Crippen LogP contribution >= 0.6 is 11.6 Å². The minimum Gasteiger partial charge on any atom is -0.360 e. The molecule has 1 aromatic heterocycles. The Morgan fingerprint density at radius 1 is 1.41 bits per heavy atom. The van der Waals surface area contributed by atoms with Crippen LogP contribution in [0.15, 0.2) is 22.7 Å². The van der Waals surface area contributed by atoms with E-state index < -0.39 is 5.24 Å². The first-order valence-corrected chi connectivity index (χ1v) is 5.31. The van der Waals surface area contributed by atoms with Crippen molar-refractivity contribution < 1.29 is 13.7 Å². The Bertz CT molecular complexity index is 592. The van der Waals surface area contributed by atoms with Crippen molar-refractivity contribution in [1.29, 1.82) is 0 Å². The van der Waals surface area contributed by atoms with Crippen LogP contribution in [0.25, 0.3) is 11.3 Å². The number of nitrogens with zero attached hydrogens (tertiary/aromatic N) is 1. The van der Waals surface area contributed by atoms with Crippen molar-refractivity contribution in [2.24, 2.45) is 0 Å². The van der Waals surface area contributed by atoms with Gasteiger partial charge in [0.15, 0.2) is 0 Å². The molecule has 0 N–H and O–H groups in total. The predicted octanol–water partition coefficient (Wildman–Crippen LogP) is 3.48. The standard InChI is InChI=1S/C12H9ClFNO2/c1-6-5-8(3-4-9(6)14)11-10(12(13)16)7(2)17-15-11/h3-5H,1-2H3. The molecule has 0 spiro atoms. The summed E-state index contributed by atoms with van der Waals surface area (Å²) in [5.74, 6) is 0.0368. The summed E-state index contributed by atoms with van der Waals surface area (Å²) in [4.78, 5) is 11.3. The molecule has 1 heterocycles. The van der Waals surface area contributed by atoms with Crippen LogP contribution in [-0.2, 0) is 0 Å². The van der Waals surface area contributed by atoms with Crippen molar-refractivity contribution >= 4 is 16.8 Å².